The highest BCUT2D eigenvalue weighted by atomic mass is 19.4. The number of hydrogen-bond acceptors (Lipinski definition) is 4. The highest BCUT2D eigenvalue weighted by molar-refractivity contribution is 5.92. The van der Waals surface area contributed by atoms with Gasteiger partial charge in [0.15, 0.2) is 5.69 Å². The lowest BCUT2D eigenvalue weighted by atomic mass is 10.2. The van der Waals surface area contributed by atoms with Gasteiger partial charge in [-0.1, -0.05) is 0 Å². The van der Waals surface area contributed by atoms with Crippen LogP contribution < -0.4 is 10.6 Å². The van der Waals surface area contributed by atoms with Crippen LogP contribution in [0.5, 0.6) is 0 Å². The molecule has 20 heavy (non-hydrogen) atoms. The van der Waals surface area contributed by atoms with Crippen molar-refractivity contribution in [2.24, 2.45) is 0 Å². The smallest absolute Gasteiger partial charge is 0.369 e. The van der Waals surface area contributed by atoms with Gasteiger partial charge < -0.3 is 10.6 Å². The fourth-order valence-corrected chi connectivity index (χ4v) is 1.47. The predicted octanol–water partition coefficient (Wildman–Crippen LogP) is 2.37. The molecule has 112 valence electrons. The Morgan fingerprint density at radius 1 is 1.25 bits per heavy atom. The zero-order valence-electron chi connectivity index (χ0n) is 11.1. The maximum Gasteiger partial charge on any atom is 0.389 e. The molecule has 1 amide bonds. The van der Waals surface area contributed by atoms with Crippen LogP contribution in [0, 0.1) is 0 Å². The van der Waals surface area contributed by atoms with E-state index in [2.05, 4.69) is 20.8 Å². The van der Waals surface area contributed by atoms with Crippen molar-refractivity contribution in [1.29, 1.82) is 0 Å². The summed E-state index contributed by atoms with van der Waals surface area (Å²) in [4.78, 5) is 11.6. The van der Waals surface area contributed by atoms with Crippen molar-refractivity contribution in [2.75, 3.05) is 18.4 Å². The molecule has 1 rings (SSSR count). The summed E-state index contributed by atoms with van der Waals surface area (Å²) in [5, 5.41) is 13.0. The highest BCUT2D eigenvalue weighted by Crippen LogP contribution is 2.21. The van der Waals surface area contributed by atoms with Gasteiger partial charge in [0, 0.05) is 19.5 Å². The van der Waals surface area contributed by atoms with Crippen molar-refractivity contribution in [3.05, 3.63) is 17.8 Å². The number of halogens is 3. The third kappa shape index (κ3) is 6.35. The Labute approximate surface area is 115 Å². The van der Waals surface area contributed by atoms with Crippen molar-refractivity contribution in [3.63, 3.8) is 0 Å². The van der Waals surface area contributed by atoms with E-state index in [1.165, 1.54) is 6.07 Å². The van der Waals surface area contributed by atoms with E-state index in [-0.39, 0.29) is 25.1 Å². The van der Waals surface area contributed by atoms with E-state index in [0.717, 1.165) is 0 Å². The molecule has 1 aromatic rings. The fourth-order valence-electron chi connectivity index (χ4n) is 1.47. The molecule has 0 aromatic carbocycles. The van der Waals surface area contributed by atoms with Crippen LogP contribution in [-0.4, -0.2) is 35.4 Å². The first-order valence-corrected chi connectivity index (χ1v) is 6.35. The Hall–Kier alpha value is -1.86. The summed E-state index contributed by atoms with van der Waals surface area (Å²) in [5.41, 5.74) is 0.141. The number of rotatable bonds is 7. The maximum absolute atomic E-state index is 11.9. The molecule has 0 saturated heterocycles. The number of hydrogen-bond donors (Lipinski definition) is 2. The summed E-state index contributed by atoms with van der Waals surface area (Å²) in [6.45, 7) is 2.79. The molecule has 5 nitrogen and oxygen atoms in total. The topological polar surface area (TPSA) is 66.9 Å². The van der Waals surface area contributed by atoms with Gasteiger partial charge in [0.2, 0.25) is 0 Å². The minimum atomic E-state index is -4.14. The fraction of sp³-hybridized carbons (Fsp3) is 0.583. The van der Waals surface area contributed by atoms with E-state index in [1.807, 2.05) is 6.92 Å². The summed E-state index contributed by atoms with van der Waals surface area (Å²) >= 11 is 0. The van der Waals surface area contributed by atoms with Crippen LogP contribution in [0.1, 0.15) is 36.7 Å². The molecule has 1 heterocycles. The van der Waals surface area contributed by atoms with Gasteiger partial charge >= 0.3 is 6.18 Å². The molecule has 0 unspecified atom stereocenters. The molecule has 1 aromatic heterocycles. The van der Waals surface area contributed by atoms with Crippen molar-refractivity contribution in [3.8, 4) is 0 Å². The van der Waals surface area contributed by atoms with Crippen molar-refractivity contribution in [2.45, 2.75) is 32.4 Å². The molecular formula is C12H17F3N4O. The summed E-state index contributed by atoms with van der Waals surface area (Å²) in [6.07, 6.45) is -4.71. The molecular weight excluding hydrogens is 273 g/mol. The molecule has 0 fully saturated rings. The van der Waals surface area contributed by atoms with Gasteiger partial charge in [-0.15, -0.1) is 10.2 Å². The van der Waals surface area contributed by atoms with E-state index in [1.54, 1.807) is 6.07 Å². The third-order valence-electron chi connectivity index (χ3n) is 2.43. The summed E-state index contributed by atoms with van der Waals surface area (Å²) in [5.74, 6) is 0.127. The van der Waals surface area contributed by atoms with Crippen LogP contribution >= 0.6 is 0 Å². The first-order valence-electron chi connectivity index (χ1n) is 6.35. The van der Waals surface area contributed by atoms with E-state index < -0.39 is 18.5 Å². The van der Waals surface area contributed by atoms with Gasteiger partial charge in [0.05, 0.1) is 0 Å². The first kappa shape index (κ1) is 16.2. The molecule has 0 spiro atoms. The lowest BCUT2D eigenvalue weighted by molar-refractivity contribution is -0.135. The number of alkyl halides is 3. The van der Waals surface area contributed by atoms with Crippen molar-refractivity contribution >= 4 is 11.7 Å². The quantitative estimate of drug-likeness (QED) is 0.757. The lowest BCUT2D eigenvalue weighted by Crippen LogP contribution is -2.26. The van der Waals surface area contributed by atoms with Crippen LogP contribution in [0.3, 0.4) is 0 Å². The standard InChI is InChI=1S/C12H17F3N4O/c1-2-16-10-6-5-9(18-19-10)11(20)17-8-4-3-7-12(13,14)15/h5-6H,2-4,7-8H2,1H3,(H,16,19)(H,17,20). The summed E-state index contributed by atoms with van der Waals surface area (Å²) < 4.78 is 35.7. The van der Waals surface area contributed by atoms with E-state index in [9.17, 15) is 18.0 Å². The predicted molar refractivity (Wildman–Crippen MR) is 68.4 cm³/mol. The second-order valence-corrected chi connectivity index (χ2v) is 4.16. The minimum absolute atomic E-state index is 0.00514. The summed E-state index contributed by atoms with van der Waals surface area (Å²) in [7, 11) is 0. The largest absolute Gasteiger partial charge is 0.389 e. The Balaban J connectivity index is 2.28. The Kier molecular flexibility index (Phi) is 6.20. The van der Waals surface area contributed by atoms with Crippen LogP contribution in [0.15, 0.2) is 12.1 Å². The molecule has 2 N–H and O–H groups in total. The minimum Gasteiger partial charge on any atom is -0.369 e. The van der Waals surface area contributed by atoms with Gasteiger partial charge in [0.25, 0.3) is 5.91 Å². The van der Waals surface area contributed by atoms with E-state index in [0.29, 0.717) is 12.4 Å². The van der Waals surface area contributed by atoms with Crippen LogP contribution in [0.2, 0.25) is 0 Å². The van der Waals surface area contributed by atoms with Crippen molar-refractivity contribution in [1.82, 2.24) is 15.5 Å². The third-order valence-corrected chi connectivity index (χ3v) is 2.43. The number of nitrogens with one attached hydrogen (secondary N) is 2. The lowest BCUT2D eigenvalue weighted by Gasteiger charge is -2.07. The van der Waals surface area contributed by atoms with Crippen molar-refractivity contribution < 1.29 is 18.0 Å². The van der Waals surface area contributed by atoms with Crippen LogP contribution in [0.25, 0.3) is 0 Å². The van der Waals surface area contributed by atoms with Crippen LogP contribution in [0.4, 0.5) is 19.0 Å². The zero-order valence-corrected chi connectivity index (χ0v) is 11.1. The number of aromatic nitrogens is 2. The number of unbranched alkanes of at least 4 members (excludes halogenated alkanes) is 1. The molecule has 0 radical (unpaired) electrons. The average Bonchev–Trinajstić information content (AvgIpc) is 2.38. The molecule has 0 aliphatic rings. The maximum atomic E-state index is 11.9. The molecule has 8 heteroatoms. The number of anilines is 1. The molecule has 0 bridgehead atoms. The van der Waals surface area contributed by atoms with E-state index >= 15 is 0 Å². The van der Waals surface area contributed by atoms with E-state index in [4.69, 9.17) is 0 Å². The van der Waals surface area contributed by atoms with Gasteiger partial charge in [-0.2, -0.15) is 13.2 Å². The molecule has 0 aliphatic heterocycles. The number of carbonyl (C=O) groups is 1. The van der Waals surface area contributed by atoms with Gasteiger partial charge in [-0.3, -0.25) is 4.79 Å². The van der Waals surface area contributed by atoms with Crippen LogP contribution in [-0.2, 0) is 0 Å². The normalized spacial score (nSPS) is 11.2. The Morgan fingerprint density at radius 2 is 2.00 bits per heavy atom. The number of amides is 1. The number of nitrogens with zero attached hydrogens (tertiary/aromatic N) is 2. The monoisotopic (exact) mass is 290 g/mol. The van der Waals surface area contributed by atoms with Gasteiger partial charge in [-0.05, 0) is 31.9 Å². The molecule has 0 atom stereocenters. The molecule has 0 aliphatic carbocycles. The summed E-state index contributed by atoms with van der Waals surface area (Å²) in [6, 6.07) is 3.13. The second kappa shape index (κ2) is 7.66. The van der Waals surface area contributed by atoms with Gasteiger partial charge in [0.1, 0.15) is 5.82 Å². The highest BCUT2D eigenvalue weighted by Gasteiger charge is 2.25. The Morgan fingerprint density at radius 3 is 2.55 bits per heavy atom. The molecule has 0 saturated carbocycles. The van der Waals surface area contributed by atoms with Gasteiger partial charge in [-0.25, -0.2) is 0 Å². The first-order chi connectivity index (χ1) is 9.42. The Bertz CT molecular complexity index is 420. The zero-order chi connectivity index (χ0) is 15.0. The number of carbonyl (C=O) groups excluding carboxylic acids is 1. The second-order valence-electron chi connectivity index (χ2n) is 4.16. The SMILES string of the molecule is CCNc1ccc(C(=O)NCCCCC(F)(F)F)nn1. The average molecular weight is 290 g/mol.